The predicted molar refractivity (Wildman–Crippen MR) is 126 cm³/mol. The molecule has 0 aliphatic heterocycles. The smallest absolute Gasteiger partial charge is 0.166 e. The van der Waals surface area contributed by atoms with Crippen LogP contribution in [0.5, 0.6) is 11.5 Å². The van der Waals surface area contributed by atoms with Crippen molar-refractivity contribution >= 4 is 5.78 Å². The van der Waals surface area contributed by atoms with Gasteiger partial charge in [0.2, 0.25) is 0 Å². The molecule has 0 aromatic heterocycles. The highest BCUT2D eigenvalue weighted by molar-refractivity contribution is 6.03. The molecule has 180 valence electrons. The molecule has 2 aromatic rings. The summed E-state index contributed by atoms with van der Waals surface area (Å²) in [5.41, 5.74) is 0.833. The quantitative estimate of drug-likeness (QED) is 0.370. The molecular formula is C27H35F2NO3. The first-order valence-corrected chi connectivity index (χ1v) is 11.8. The van der Waals surface area contributed by atoms with Crippen LogP contribution in [0.2, 0.25) is 0 Å². The maximum atomic E-state index is 15.6. The number of methoxy groups -OCH3 is 2. The summed E-state index contributed by atoms with van der Waals surface area (Å²) in [6.07, 6.45) is 4.19. The number of carbonyl (C=O) groups excluding carboxylic acids is 1. The lowest BCUT2D eigenvalue weighted by atomic mass is 9.84. The van der Waals surface area contributed by atoms with E-state index in [4.69, 9.17) is 9.47 Å². The van der Waals surface area contributed by atoms with Crippen LogP contribution < -0.4 is 14.8 Å². The molecule has 0 bridgehead atoms. The predicted octanol–water partition coefficient (Wildman–Crippen LogP) is 6.06. The number of hydrogen-bond donors (Lipinski definition) is 1. The lowest BCUT2D eigenvalue weighted by molar-refractivity contribution is 0.0760. The van der Waals surface area contributed by atoms with Crippen molar-refractivity contribution in [2.24, 2.45) is 5.92 Å². The Hall–Kier alpha value is -2.47. The molecule has 6 heteroatoms. The van der Waals surface area contributed by atoms with Gasteiger partial charge in [-0.15, -0.1) is 0 Å². The standard InChI is InChI=1S/C27H35F2NO3/c1-4-27(29,12-8-5-9-13-30-18-19-10-6-7-11-23(19)28)17-21-14-20-15-24(32-2)25(33-3)16-22(20)26(21)31/h6-7,10-11,15-16,21,30H,4-5,8-9,12-14,17-18H2,1-3H3. The zero-order valence-electron chi connectivity index (χ0n) is 19.9. The number of benzene rings is 2. The molecule has 0 fully saturated rings. The van der Waals surface area contributed by atoms with E-state index in [0.717, 1.165) is 31.4 Å². The summed E-state index contributed by atoms with van der Waals surface area (Å²) in [6.45, 7) is 3.11. The van der Waals surface area contributed by atoms with Gasteiger partial charge in [0.05, 0.1) is 14.2 Å². The van der Waals surface area contributed by atoms with Crippen LogP contribution in [0.3, 0.4) is 0 Å². The number of ketones is 1. The first-order valence-electron chi connectivity index (χ1n) is 11.8. The molecular weight excluding hydrogens is 424 g/mol. The number of nitrogens with one attached hydrogen (secondary N) is 1. The van der Waals surface area contributed by atoms with Gasteiger partial charge in [0.1, 0.15) is 11.5 Å². The third-order valence-corrected chi connectivity index (χ3v) is 6.71. The number of unbranched alkanes of at least 4 members (excludes halogenated alkanes) is 2. The topological polar surface area (TPSA) is 47.6 Å². The van der Waals surface area contributed by atoms with E-state index < -0.39 is 5.67 Å². The van der Waals surface area contributed by atoms with Crippen molar-refractivity contribution in [3.05, 3.63) is 58.9 Å². The third kappa shape index (κ3) is 6.32. The van der Waals surface area contributed by atoms with Crippen molar-refractivity contribution in [1.82, 2.24) is 5.32 Å². The Labute approximate surface area is 195 Å². The molecule has 0 saturated carbocycles. The summed E-state index contributed by atoms with van der Waals surface area (Å²) in [6, 6.07) is 10.3. The zero-order chi connectivity index (χ0) is 23.8. The minimum atomic E-state index is -1.35. The van der Waals surface area contributed by atoms with E-state index in [2.05, 4.69) is 5.32 Å². The molecule has 0 saturated heterocycles. The number of rotatable bonds is 13. The average Bonchev–Trinajstić information content (AvgIpc) is 3.12. The SMILES string of the molecule is CCC(F)(CCCCCNCc1ccccc1F)CC1Cc2cc(OC)c(OC)cc2C1=O. The maximum absolute atomic E-state index is 15.6. The number of Topliss-reactive ketones (excluding diaryl/α,β-unsaturated/α-hetero) is 1. The molecule has 2 unspecified atom stereocenters. The highest BCUT2D eigenvalue weighted by atomic mass is 19.1. The van der Waals surface area contributed by atoms with Crippen molar-refractivity contribution in [2.45, 2.75) is 64.1 Å². The Morgan fingerprint density at radius 3 is 2.52 bits per heavy atom. The van der Waals surface area contributed by atoms with Crippen LogP contribution in [0.4, 0.5) is 8.78 Å². The average molecular weight is 460 g/mol. The minimum absolute atomic E-state index is 0.00114. The van der Waals surface area contributed by atoms with E-state index >= 15 is 4.39 Å². The maximum Gasteiger partial charge on any atom is 0.166 e. The lowest BCUT2D eigenvalue weighted by Gasteiger charge is -2.26. The number of halogens is 2. The fourth-order valence-corrected chi connectivity index (χ4v) is 4.66. The number of fused-ring (bicyclic) bond motifs is 1. The molecule has 4 nitrogen and oxygen atoms in total. The lowest BCUT2D eigenvalue weighted by Crippen LogP contribution is -2.28. The van der Waals surface area contributed by atoms with Crippen LogP contribution >= 0.6 is 0 Å². The second kappa shape index (κ2) is 11.6. The van der Waals surface area contributed by atoms with E-state index in [1.165, 1.54) is 6.07 Å². The highest BCUT2D eigenvalue weighted by Crippen LogP contribution is 2.41. The number of alkyl halides is 1. The summed E-state index contributed by atoms with van der Waals surface area (Å²) < 4.78 is 39.9. The van der Waals surface area contributed by atoms with Crippen LogP contribution in [0.1, 0.15) is 66.9 Å². The Morgan fingerprint density at radius 2 is 1.82 bits per heavy atom. The van der Waals surface area contributed by atoms with E-state index in [9.17, 15) is 9.18 Å². The van der Waals surface area contributed by atoms with Gasteiger partial charge in [-0.05, 0) is 62.4 Å². The van der Waals surface area contributed by atoms with Crippen LogP contribution in [0, 0.1) is 11.7 Å². The third-order valence-electron chi connectivity index (χ3n) is 6.71. The summed E-state index contributed by atoms with van der Waals surface area (Å²) in [5.74, 6) is 0.574. The van der Waals surface area contributed by atoms with Crippen LogP contribution in [-0.4, -0.2) is 32.2 Å². The van der Waals surface area contributed by atoms with E-state index in [0.29, 0.717) is 48.4 Å². The molecule has 0 heterocycles. The zero-order valence-corrected chi connectivity index (χ0v) is 19.9. The molecule has 0 spiro atoms. The molecule has 3 rings (SSSR count). The summed E-state index contributed by atoms with van der Waals surface area (Å²) >= 11 is 0. The van der Waals surface area contributed by atoms with Crippen LogP contribution in [0.25, 0.3) is 0 Å². The second-order valence-electron chi connectivity index (χ2n) is 8.92. The molecule has 1 N–H and O–H groups in total. The Morgan fingerprint density at radius 1 is 1.09 bits per heavy atom. The molecule has 2 aromatic carbocycles. The largest absolute Gasteiger partial charge is 0.493 e. The highest BCUT2D eigenvalue weighted by Gasteiger charge is 2.39. The van der Waals surface area contributed by atoms with Crippen molar-refractivity contribution < 1.29 is 23.0 Å². The van der Waals surface area contributed by atoms with Crippen molar-refractivity contribution in [3.8, 4) is 11.5 Å². The van der Waals surface area contributed by atoms with Crippen molar-refractivity contribution in [1.29, 1.82) is 0 Å². The monoisotopic (exact) mass is 459 g/mol. The van der Waals surface area contributed by atoms with Gasteiger partial charge in [0.25, 0.3) is 0 Å². The van der Waals surface area contributed by atoms with Gasteiger partial charge in [-0.25, -0.2) is 8.78 Å². The number of ether oxygens (including phenoxy) is 2. The van der Waals surface area contributed by atoms with Gasteiger partial charge in [-0.1, -0.05) is 38.0 Å². The van der Waals surface area contributed by atoms with Gasteiger partial charge >= 0.3 is 0 Å². The van der Waals surface area contributed by atoms with Crippen LogP contribution in [-0.2, 0) is 13.0 Å². The van der Waals surface area contributed by atoms with Crippen molar-refractivity contribution in [3.63, 3.8) is 0 Å². The van der Waals surface area contributed by atoms with Gasteiger partial charge in [0, 0.05) is 23.6 Å². The first kappa shape index (κ1) is 25.2. The fourth-order valence-electron chi connectivity index (χ4n) is 4.66. The molecule has 0 amide bonds. The van der Waals surface area contributed by atoms with Gasteiger partial charge < -0.3 is 14.8 Å². The Kier molecular flexibility index (Phi) is 8.84. The molecule has 0 radical (unpaired) electrons. The van der Waals surface area contributed by atoms with Crippen molar-refractivity contribution in [2.75, 3.05) is 20.8 Å². The van der Waals surface area contributed by atoms with Gasteiger partial charge in [-0.2, -0.15) is 0 Å². The Bertz CT molecular complexity index is 949. The first-order chi connectivity index (χ1) is 15.9. The minimum Gasteiger partial charge on any atom is -0.493 e. The normalized spacial score (nSPS) is 17.0. The Balaban J connectivity index is 1.44. The molecule has 1 aliphatic carbocycles. The van der Waals surface area contributed by atoms with E-state index in [1.54, 1.807) is 32.4 Å². The second-order valence-corrected chi connectivity index (χ2v) is 8.92. The summed E-state index contributed by atoms with van der Waals surface area (Å²) in [4.78, 5) is 12.9. The molecule has 33 heavy (non-hydrogen) atoms. The number of carbonyl (C=O) groups is 1. The van der Waals surface area contributed by atoms with Crippen LogP contribution in [0.15, 0.2) is 36.4 Å². The summed E-state index contributed by atoms with van der Waals surface area (Å²) in [5, 5.41) is 3.25. The number of hydrogen-bond acceptors (Lipinski definition) is 4. The fraction of sp³-hybridized carbons (Fsp3) is 0.519. The molecule has 1 aliphatic rings. The van der Waals surface area contributed by atoms with Gasteiger partial charge in [-0.3, -0.25) is 4.79 Å². The van der Waals surface area contributed by atoms with Gasteiger partial charge in [0.15, 0.2) is 17.3 Å². The van der Waals surface area contributed by atoms with E-state index in [1.807, 2.05) is 19.1 Å². The summed E-state index contributed by atoms with van der Waals surface area (Å²) in [7, 11) is 3.11. The molecule has 2 atom stereocenters. The van der Waals surface area contributed by atoms with E-state index in [-0.39, 0.29) is 23.9 Å².